The van der Waals surface area contributed by atoms with Gasteiger partial charge in [-0.15, -0.1) is 0 Å². The van der Waals surface area contributed by atoms with Crippen LogP contribution in [0.2, 0.25) is 0 Å². The van der Waals surface area contributed by atoms with Crippen LogP contribution >= 0.6 is 0 Å². The lowest BCUT2D eigenvalue weighted by atomic mass is 10.1. The molecule has 0 aliphatic heterocycles. The maximum atomic E-state index is 14.1. The number of pyridine rings is 1. The summed E-state index contributed by atoms with van der Waals surface area (Å²) in [4.78, 5) is 15.2. The third-order valence-electron chi connectivity index (χ3n) is 2.43. The van der Waals surface area contributed by atoms with E-state index >= 15 is 0 Å². The molecule has 0 radical (unpaired) electrons. The second-order valence-corrected chi connectivity index (χ2v) is 3.62. The monoisotopic (exact) mass is 245 g/mol. The van der Waals surface area contributed by atoms with E-state index in [-0.39, 0.29) is 5.82 Å². The van der Waals surface area contributed by atoms with Crippen LogP contribution in [-0.4, -0.2) is 17.6 Å². The van der Waals surface area contributed by atoms with Crippen LogP contribution < -0.4 is 0 Å². The van der Waals surface area contributed by atoms with Gasteiger partial charge in [-0.2, -0.15) is 0 Å². The number of rotatable bonds is 3. The zero-order valence-corrected chi connectivity index (χ0v) is 9.89. The van der Waals surface area contributed by atoms with Crippen LogP contribution in [0.25, 0.3) is 17.0 Å². The topological polar surface area (TPSA) is 39.2 Å². The maximum Gasteiger partial charge on any atom is 0.330 e. The minimum absolute atomic E-state index is 0.299. The van der Waals surface area contributed by atoms with Crippen LogP contribution in [0.1, 0.15) is 12.5 Å². The lowest BCUT2D eigenvalue weighted by Gasteiger charge is -2.01. The average Bonchev–Trinajstić information content (AvgIpc) is 2.39. The van der Waals surface area contributed by atoms with E-state index in [1.165, 1.54) is 12.2 Å². The van der Waals surface area contributed by atoms with Gasteiger partial charge in [0.15, 0.2) is 0 Å². The number of carbonyl (C=O) groups excluding carboxylic acids is 1. The molecule has 0 saturated carbocycles. The molecule has 0 aliphatic carbocycles. The highest BCUT2D eigenvalue weighted by Gasteiger charge is 2.05. The SMILES string of the molecule is CCOC(=O)/C=C/c1ccc2ncccc2c1F. The smallest absolute Gasteiger partial charge is 0.330 e. The number of benzene rings is 1. The van der Waals surface area contributed by atoms with Crippen LogP contribution in [0, 0.1) is 5.82 Å². The Hall–Kier alpha value is -2.23. The van der Waals surface area contributed by atoms with Gasteiger partial charge in [-0.25, -0.2) is 9.18 Å². The van der Waals surface area contributed by atoms with Crippen molar-refractivity contribution in [2.45, 2.75) is 6.92 Å². The Bertz CT molecular complexity index is 608. The molecule has 0 fully saturated rings. The van der Waals surface area contributed by atoms with E-state index in [9.17, 15) is 9.18 Å². The first kappa shape index (κ1) is 12.2. The number of ether oxygens (including phenoxy) is 1. The van der Waals surface area contributed by atoms with E-state index in [1.807, 2.05) is 0 Å². The Morgan fingerprint density at radius 1 is 1.44 bits per heavy atom. The molecule has 0 N–H and O–H groups in total. The van der Waals surface area contributed by atoms with Crippen molar-refractivity contribution in [3.05, 3.63) is 47.9 Å². The second-order valence-electron chi connectivity index (χ2n) is 3.62. The van der Waals surface area contributed by atoms with Crippen molar-refractivity contribution in [3.8, 4) is 0 Å². The highest BCUT2D eigenvalue weighted by atomic mass is 19.1. The Balaban J connectivity index is 2.35. The van der Waals surface area contributed by atoms with Crippen LogP contribution in [0.3, 0.4) is 0 Å². The summed E-state index contributed by atoms with van der Waals surface area (Å²) >= 11 is 0. The van der Waals surface area contributed by atoms with Crippen molar-refractivity contribution in [1.82, 2.24) is 4.98 Å². The number of aromatic nitrogens is 1. The zero-order valence-electron chi connectivity index (χ0n) is 9.89. The van der Waals surface area contributed by atoms with Gasteiger partial charge < -0.3 is 4.74 Å². The minimum Gasteiger partial charge on any atom is -0.463 e. The molecule has 2 aromatic rings. The van der Waals surface area contributed by atoms with Crippen LogP contribution in [0.4, 0.5) is 4.39 Å². The Morgan fingerprint density at radius 2 is 2.28 bits per heavy atom. The molecule has 0 aliphatic rings. The molecule has 18 heavy (non-hydrogen) atoms. The first-order chi connectivity index (χ1) is 8.72. The van der Waals surface area contributed by atoms with Crippen molar-refractivity contribution in [2.75, 3.05) is 6.61 Å². The van der Waals surface area contributed by atoms with Gasteiger partial charge in [0.25, 0.3) is 0 Å². The van der Waals surface area contributed by atoms with Gasteiger partial charge in [0.2, 0.25) is 0 Å². The second kappa shape index (κ2) is 5.40. The van der Waals surface area contributed by atoms with E-state index in [0.717, 1.165) is 0 Å². The molecule has 2 rings (SSSR count). The van der Waals surface area contributed by atoms with Crippen LogP contribution in [0.5, 0.6) is 0 Å². The van der Waals surface area contributed by atoms with E-state index in [2.05, 4.69) is 4.98 Å². The maximum absolute atomic E-state index is 14.1. The molecule has 0 atom stereocenters. The molecule has 1 heterocycles. The molecule has 0 bridgehead atoms. The average molecular weight is 245 g/mol. The summed E-state index contributed by atoms with van der Waals surface area (Å²) in [7, 11) is 0. The molecular weight excluding hydrogens is 233 g/mol. The van der Waals surface area contributed by atoms with E-state index in [1.54, 1.807) is 37.4 Å². The normalized spacial score (nSPS) is 11.0. The van der Waals surface area contributed by atoms with Crippen LogP contribution in [-0.2, 0) is 9.53 Å². The zero-order chi connectivity index (χ0) is 13.0. The molecule has 0 spiro atoms. The lowest BCUT2D eigenvalue weighted by molar-refractivity contribution is -0.137. The van der Waals surface area contributed by atoms with E-state index in [0.29, 0.717) is 23.1 Å². The summed E-state index contributed by atoms with van der Waals surface area (Å²) in [5.74, 6) is -0.871. The lowest BCUT2D eigenvalue weighted by Crippen LogP contribution is -1.98. The van der Waals surface area contributed by atoms with Gasteiger partial charge in [0.1, 0.15) is 5.82 Å². The molecule has 0 saturated heterocycles. The molecule has 3 nitrogen and oxygen atoms in total. The Morgan fingerprint density at radius 3 is 3.06 bits per heavy atom. The number of hydrogen-bond donors (Lipinski definition) is 0. The van der Waals surface area contributed by atoms with Gasteiger partial charge in [0.05, 0.1) is 12.1 Å². The summed E-state index contributed by atoms with van der Waals surface area (Å²) in [5.41, 5.74) is 0.923. The van der Waals surface area contributed by atoms with Crippen molar-refractivity contribution in [2.24, 2.45) is 0 Å². The molecule has 92 valence electrons. The minimum atomic E-state index is -0.483. The number of nitrogens with zero attached hydrogens (tertiary/aromatic N) is 1. The van der Waals surface area contributed by atoms with Gasteiger partial charge in [-0.3, -0.25) is 4.98 Å². The summed E-state index contributed by atoms with van der Waals surface area (Å²) in [6, 6.07) is 6.62. The predicted octanol–water partition coefficient (Wildman–Crippen LogP) is 2.95. The molecule has 1 aromatic heterocycles. The van der Waals surface area contributed by atoms with Crippen molar-refractivity contribution in [3.63, 3.8) is 0 Å². The fraction of sp³-hybridized carbons (Fsp3) is 0.143. The van der Waals surface area contributed by atoms with E-state index in [4.69, 9.17) is 4.74 Å². The highest BCUT2D eigenvalue weighted by Crippen LogP contribution is 2.20. The molecule has 0 amide bonds. The number of carbonyl (C=O) groups is 1. The number of fused-ring (bicyclic) bond motifs is 1. The third kappa shape index (κ3) is 2.53. The van der Waals surface area contributed by atoms with Crippen LogP contribution in [0.15, 0.2) is 36.5 Å². The highest BCUT2D eigenvalue weighted by molar-refractivity contribution is 5.89. The van der Waals surface area contributed by atoms with Crippen molar-refractivity contribution < 1.29 is 13.9 Å². The molecule has 0 unspecified atom stereocenters. The standard InChI is InChI=1S/C14H12FNO2/c1-2-18-13(17)8-6-10-5-7-12-11(14(10)15)4-3-9-16-12/h3-9H,2H2,1H3/b8-6+. The van der Waals surface area contributed by atoms with Crippen molar-refractivity contribution in [1.29, 1.82) is 0 Å². The van der Waals surface area contributed by atoms with E-state index < -0.39 is 5.97 Å². The quantitative estimate of drug-likeness (QED) is 0.616. The van der Waals surface area contributed by atoms with Gasteiger partial charge >= 0.3 is 5.97 Å². The first-order valence-electron chi connectivity index (χ1n) is 5.60. The van der Waals surface area contributed by atoms with Gasteiger partial charge in [-0.1, -0.05) is 0 Å². The molecule has 4 heteroatoms. The number of esters is 1. The fourth-order valence-corrected chi connectivity index (χ4v) is 1.61. The summed E-state index contributed by atoms with van der Waals surface area (Å²) in [5, 5.41) is 0.434. The fourth-order valence-electron chi connectivity index (χ4n) is 1.61. The number of halogens is 1. The van der Waals surface area contributed by atoms with Gasteiger partial charge in [0, 0.05) is 23.2 Å². The number of hydrogen-bond acceptors (Lipinski definition) is 3. The summed E-state index contributed by atoms with van der Waals surface area (Å²) in [6.45, 7) is 2.02. The largest absolute Gasteiger partial charge is 0.463 e. The molecule has 1 aromatic carbocycles. The first-order valence-corrected chi connectivity index (χ1v) is 5.60. The third-order valence-corrected chi connectivity index (χ3v) is 2.43. The Kier molecular flexibility index (Phi) is 3.67. The summed E-state index contributed by atoms with van der Waals surface area (Å²) in [6.07, 6.45) is 4.22. The Labute approximate surface area is 104 Å². The summed E-state index contributed by atoms with van der Waals surface area (Å²) < 4.78 is 18.8. The predicted molar refractivity (Wildman–Crippen MR) is 67.4 cm³/mol. The molecular formula is C14H12FNO2. The van der Waals surface area contributed by atoms with Crippen molar-refractivity contribution >= 4 is 22.9 Å². The van der Waals surface area contributed by atoms with Gasteiger partial charge in [-0.05, 0) is 37.3 Å².